The molecule has 0 aliphatic carbocycles. The predicted octanol–water partition coefficient (Wildman–Crippen LogP) is 3.46. The lowest BCUT2D eigenvalue weighted by Gasteiger charge is -2.15. The Labute approximate surface area is 121 Å². The van der Waals surface area contributed by atoms with E-state index < -0.39 is 11.6 Å². The number of pyridine rings is 1. The second-order valence-electron chi connectivity index (χ2n) is 4.95. The number of rotatable bonds is 4. The van der Waals surface area contributed by atoms with Crippen LogP contribution in [0.1, 0.15) is 24.2 Å². The molecule has 0 saturated heterocycles. The van der Waals surface area contributed by atoms with E-state index in [0.29, 0.717) is 12.1 Å². The largest absolute Gasteiger partial charge is 0.304 e. The van der Waals surface area contributed by atoms with Gasteiger partial charge in [-0.1, -0.05) is 12.1 Å². The number of nitrogens with zero attached hydrogens (tertiary/aromatic N) is 2. The number of fused-ring (bicyclic) bond motifs is 1. The van der Waals surface area contributed by atoms with Gasteiger partial charge in [0.1, 0.15) is 17.3 Å². The van der Waals surface area contributed by atoms with E-state index in [1.165, 1.54) is 12.1 Å². The van der Waals surface area contributed by atoms with Gasteiger partial charge < -0.3 is 9.72 Å². The van der Waals surface area contributed by atoms with E-state index in [4.69, 9.17) is 0 Å². The summed E-state index contributed by atoms with van der Waals surface area (Å²) in [7, 11) is 0. The molecule has 0 radical (unpaired) electrons. The summed E-state index contributed by atoms with van der Waals surface area (Å²) >= 11 is 0. The van der Waals surface area contributed by atoms with Crippen molar-refractivity contribution in [1.29, 1.82) is 0 Å². The van der Waals surface area contributed by atoms with E-state index in [1.807, 2.05) is 35.7 Å². The van der Waals surface area contributed by atoms with E-state index in [9.17, 15) is 8.78 Å². The van der Waals surface area contributed by atoms with Crippen molar-refractivity contribution < 1.29 is 8.78 Å². The molecule has 1 unspecified atom stereocenters. The third kappa shape index (κ3) is 2.78. The molecule has 0 bridgehead atoms. The van der Waals surface area contributed by atoms with Crippen LogP contribution in [-0.4, -0.2) is 9.38 Å². The van der Waals surface area contributed by atoms with Gasteiger partial charge in [0, 0.05) is 30.4 Å². The standard InChI is InChI=1S/C16H15F2N3/c1-11(14-6-5-12(17)8-15(14)18)19-9-13-10-20-16-4-2-3-7-21(13)16/h2-8,10-11,19H,9H2,1H3. The van der Waals surface area contributed by atoms with Gasteiger partial charge >= 0.3 is 0 Å². The Morgan fingerprint density at radius 2 is 2.10 bits per heavy atom. The van der Waals surface area contributed by atoms with E-state index in [0.717, 1.165) is 17.4 Å². The van der Waals surface area contributed by atoms with Gasteiger partial charge in [-0.3, -0.25) is 0 Å². The SMILES string of the molecule is CC(NCc1cnc2ccccn12)c1ccc(F)cc1F. The number of imidazole rings is 1. The summed E-state index contributed by atoms with van der Waals surface area (Å²) in [5.41, 5.74) is 2.31. The lowest BCUT2D eigenvalue weighted by atomic mass is 10.1. The third-order valence-electron chi connectivity index (χ3n) is 3.51. The van der Waals surface area contributed by atoms with E-state index in [1.54, 1.807) is 6.20 Å². The van der Waals surface area contributed by atoms with Gasteiger partial charge in [0.15, 0.2) is 0 Å². The quantitative estimate of drug-likeness (QED) is 0.796. The van der Waals surface area contributed by atoms with Crippen molar-refractivity contribution in [3.63, 3.8) is 0 Å². The fourth-order valence-corrected chi connectivity index (χ4v) is 2.34. The molecule has 2 heterocycles. The summed E-state index contributed by atoms with van der Waals surface area (Å²) in [5.74, 6) is -1.10. The fourth-order valence-electron chi connectivity index (χ4n) is 2.34. The number of hydrogen-bond acceptors (Lipinski definition) is 2. The van der Waals surface area contributed by atoms with E-state index in [-0.39, 0.29) is 6.04 Å². The number of nitrogens with one attached hydrogen (secondary N) is 1. The minimum atomic E-state index is -0.565. The molecule has 1 atom stereocenters. The number of aromatic nitrogens is 2. The lowest BCUT2D eigenvalue weighted by molar-refractivity contribution is 0.514. The van der Waals surface area contributed by atoms with Crippen molar-refractivity contribution in [2.45, 2.75) is 19.5 Å². The normalized spacial score (nSPS) is 12.7. The Balaban J connectivity index is 1.75. The van der Waals surface area contributed by atoms with Crippen LogP contribution in [0.3, 0.4) is 0 Å². The Bertz CT molecular complexity index is 767. The van der Waals surface area contributed by atoms with Crippen LogP contribution in [0.4, 0.5) is 8.78 Å². The Morgan fingerprint density at radius 1 is 1.24 bits per heavy atom. The molecule has 3 aromatic rings. The van der Waals surface area contributed by atoms with Gasteiger partial charge in [0.05, 0.1) is 11.9 Å². The van der Waals surface area contributed by atoms with Gasteiger partial charge in [-0.2, -0.15) is 0 Å². The van der Waals surface area contributed by atoms with Crippen molar-refractivity contribution in [3.8, 4) is 0 Å². The number of halogens is 2. The molecular weight excluding hydrogens is 272 g/mol. The highest BCUT2D eigenvalue weighted by Gasteiger charge is 2.12. The molecule has 0 amide bonds. The second-order valence-corrected chi connectivity index (χ2v) is 4.95. The van der Waals surface area contributed by atoms with Crippen LogP contribution in [0.5, 0.6) is 0 Å². The first-order valence-electron chi connectivity index (χ1n) is 6.74. The van der Waals surface area contributed by atoms with Gasteiger partial charge in [-0.05, 0) is 25.1 Å². The monoisotopic (exact) mass is 287 g/mol. The molecule has 1 aromatic carbocycles. The Morgan fingerprint density at radius 3 is 2.90 bits per heavy atom. The van der Waals surface area contributed by atoms with Crippen molar-refractivity contribution in [2.24, 2.45) is 0 Å². The zero-order chi connectivity index (χ0) is 14.8. The molecule has 108 valence electrons. The van der Waals surface area contributed by atoms with Gasteiger partial charge in [-0.15, -0.1) is 0 Å². The average molecular weight is 287 g/mol. The molecule has 3 nitrogen and oxygen atoms in total. The van der Waals surface area contributed by atoms with Gasteiger partial charge in [0.2, 0.25) is 0 Å². The molecular formula is C16H15F2N3. The minimum absolute atomic E-state index is 0.222. The third-order valence-corrected chi connectivity index (χ3v) is 3.51. The van der Waals surface area contributed by atoms with E-state index >= 15 is 0 Å². The molecule has 0 aliphatic heterocycles. The van der Waals surface area contributed by atoms with Crippen LogP contribution in [0.25, 0.3) is 5.65 Å². The molecule has 0 saturated carbocycles. The summed E-state index contributed by atoms with van der Waals surface area (Å²) < 4.78 is 28.6. The smallest absolute Gasteiger partial charge is 0.136 e. The molecule has 0 fully saturated rings. The maximum absolute atomic E-state index is 13.7. The van der Waals surface area contributed by atoms with Gasteiger partial charge in [0.25, 0.3) is 0 Å². The maximum Gasteiger partial charge on any atom is 0.136 e. The van der Waals surface area contributed by atoms with Crippen molar-refractivity contribution in [2.75, 3.05) is 0 Å². The number of hydrogen-bond donors (Lipinski definition) is 1. The molecule has 0 aliphatic rings. The van der Waals surface area contributed by atoms with Crippen LogP contribution < -0.4 is 5.32 Å². The molecule has 0 spiro atoms. The first-order chi connectivity index (χ1) is 10.1. The van der Waals surface area contributed by atoms with Crippen LogP contribution in [0, 0.1) is 11.6 Å². The Kier molecular flexibility index (Phi) is 3.66. The zero-order valence-corrected chi connectivity index (χ0v) is 11.6. The van der Waals surface area contributed by atoms with Crippen molar-refractivity contribution in [3.05, 3.63) is 71.7 Å². The van der Waals surface area contributed by atoms with Gasteiger partial charge in [-0.25, -0.2) is 13.8 Å². The van der Waals surface area contributed by atoms with Crippen LogP contribution in [0.2, 0.25) is 0 Å². The molecule has 2 aromatic heterocycles. The topological polar surface area (TPSA) is 29.3 Å². The molecule has 3 rings (SSSR count). The zero-order valence-electron chi connectivity index (χ0n) is 11.6. The van der Waals surface area contributed by atoms with Crippen molar-refractivity contribution >= 4 is 5.65 Å². The Hall–Kier alpha value is -2.27. The average Bonchev–Trinajstić information content (AvgIpc) is 2.88. The highest BCUT2D eigenvalue weighted by atomic mass is 19.1. The highest BCUT2D eigenvalue weighted by Crippen LogP contribution is 2.18. The summed E-state index contributed by atoms with van der Waals surface area (Å²) in [4.78, 5) is 4.30. The molecule has 21 heavy (non-hydrogen) atoms. The van der Waals surface area contributed by atoms with Crippen molar-refractivity contribution in [1.82, 2.24) is 14.7 Å². The predicted molar refractivity (Wildman–Crippen MR) is 76.8 cm³/mol. The summed E-state index contributed by atoms with van der Waals surface area (Å²) in [5, 5.41) is 3.23. The van der Waals surface area contributed by atoms with Crippen LogP contribution in [-0.2, 0) is 6.54 Å². The summed E-state index contributed by atoms with van der Waals surface area (Å²) in [6, 6.07) is 9.20. The first kappa shape index (κ1) is 13.7. The summed E-state index contributed by atoms with van der Waals surface area (Å²) in [6.45, 7) is 2.39. The molecule has 1 N–H and O–H groups in total. The molecule has 5 heteroatoms. The second kappa shape index (κ2) is 5.61. The summed E-state index contributed by atoms with van der Waals surface area (Å²) in [6.07, 6.45) is 3.72. The fraction of sp³-hybridized carbons (Fsp3) is 0.188. The van der Waals surface area contributed by atoms with Crippen LogP contribution in [0.15, 0.2) is 48.8 Å². The highest BCUT2D eigenvalue weighted by molar-refractivity contribution is 5.39. The maximum atomic E-state index is 13.7. The lowest BCUT2D eigenvalue weighted by Crippen LogP contribution is -2.20. The van der Waals surface area contributed by atoms with Crippen LogP contribution >= 0.6 is 0 Å². The number of benzene rings is 1. The van der Waals surface area contributed by atoms with E-state index in [2.05, 4.69) is 10.3 Å². The minimum Gasteiger partial charge on any atom is -0.304 e. The first-order valence-corrected chi connectivity index (χ1v) is 6.74.